The van der Waals surface area contributed by atoms with E-state index in [-0.39, 0.29) is 11.5 Å². The van der Waals surface area contributed by atoms with E-state index in [9.17, 15) is 8.78 Å². The summed E-state index contributed by atoms with van der Waals surface area (Å²) in [6.45, 7) is 1.35. The largest absolute Gasteiger partial charge is 0.359 e. The summed E-state index contributed by atoms with van der Waals surface area (Å²) in [6, 6.07) is 5.51. The fourth-order valence-electron chi connectivity index (χ4n) is 0.801. The van der Waals surface area contributed by atoms with E-state index in [1.54, 1.807) is 0 Å². The lowest BCUT2D eigenvalue weighted by atomic mass is 10.3. The first-order valence-electron chi connectivity index (χ1n) is 4.03. The van der Waals surface area contributed by atoms with Crippen molar-refractivity contribution in [3.05, 3.63) is 42.1 Å². The van der Waals surface area contributed by atoms with Gasteiger partial charge in [-0.2, -0.15) is 0 Å². The van der Waals surface area contributed by atoms with Gasteiger partial charge < -0.3 is 10.7 Å². The third kappa shape index (κ3) is 2.97. The molecule has 1 rings (SSSR count). The Bertz CT molecular complexity index is 355. The Morgan fingerprint density at radius 2 is 1.93 bits per heavy atom. The van der Waals surface area contributed by atoms with Crippen LogP contribution in [0.2, 0.25) is 0 Å². The molecule has 0 bridgehead atoms. The molecule has 1 aromatic carbocycles. The van der Waals surface area contributed by atoms with Gasteiger partial charge in [-0.05, 0) is 31.2 Å². The molecule has 14 heavy (non-hydrogen) atoms. The quantitative estimate of drug-likeness (QED) is 0.716. The number of halogens is 2. The molecule has 2 nitrogen and oxygen atoms in total. The lowest BCUT2D eigenvalue weighted by Gasteiger charge is -2.00. The van der Waals surface area contributed by atoms with E-state index in [0.29, 0.717) is 5.69 Å². The summed E-state index contributed by atoms with van der Waals surface area (Å²) in [6.07, 6.45) is 1.07. The number of hydrogen-bond acceptors (Lipinski definition) is 2. The third-order valence-corrected chi connectivity index (χ3v) is 1.57. The highest BCUT2D eigenvalue weighted by atomic mass is 19.1. The highest BCUT2D eigenvalue weighted by Crippen LogP contribution is 2.09. The molecule has 0 radical (unpaired) electrons. The van der Waals surface area contributed by atoms with Crippen LogP contribution in [-0.4, -0.2) is 5.71 Å². The topological polar surface area (TPSA) is 35.9 Å². The van der Waals surface area contributed by atoms with Crippen LogP contribution in [0, 0.1) is 11.2 Å². The van der Waals surface area contributed by atoms with Crippen LogP contribution in [-0.2, 0) is 0 Å². The molecule has 0 aromatic heterocycles. The number of nitrogens with one attached hydrogen (secondary N) is 2. The molecule has 0 fully saturated rings. The van der Waals surface area contributed by atoms with Crippen LogP contribution < -0.4 is 5.32 Å². The van der Waals surface area contributed by atoms with Crippen molar-refractivity contribution in [1.82, 2.24) is 0 Å². The van der Waals surface area contributed by atoms with E-state index >= 15 is 0 Å². The molecule has 74 valence electrons. The van der Waals surface area contributed by atoms with Crippen LogP contribution >= 0.6 is 0 Å². The molecular weight excluding hydrogens is 186 g/mol. The smallest absolute Gasteiger partial charge is 0.159 e. The Kier molecular flexibility index (Phi) is 3.34. The van der Waals surface area contributed by atoms with Crippen molar-refractivity contribution in [3.63, 3.8) is 0 Å². The van der Waals surface area contributed by atoms with Crippen molar-refractivity contribution in [2.75, 3.05) is 5.32 Å². The summed E-state index contributed by atoms with van der Waals surface area (Å²) in [5.74, 6) is -0.988. The fourth-order valence-corrected chi connectivity index (χ4v) is 0.801. The van der Waals surface area contributed by atoms with Gasteiger partial charge in [-0.25, -0.2) is 8.78 Å². The van der Waals surface area contributed by atoms with Crippen LogP contribution in [0.15, 0.2) is 36.3 Å². The Morgan fingerprint density at radius 3 is 2.43 bits per heavy atom. The van der Waals surface area contributed by atoms with Crippen molar-refractivity contribution in [3.8, 4) is 0 Å². The van der Waals surface area contributed by atoms with Gasteiger partial charge >= 0.3 is 0 Å². The van der Waals surface area contributed by atoms with Crippen LogP contribution in [0.25, 0.3) is 0 Å². The average Bonchev–Trinajstić information content (AvgIpc) is 2.16. The Morgan fingerprint density at radius 1 is 1.36 bits per heavy atom. The van der Waals surface area contributed by atoms with E-state index in [1.807, 2.05) is 0 Å². The number of hydrogen-bond donors (Lipinski definition) is 2. The molecule has 0 unspecified atom stereocenters. The zero-order valence-electron chi connectivity index (χ0n) is 7.64. The fraction of sp³-hybridized carbons (Fsp3) is 0.100. The molecule has 0 aliphatic rings. The number of allylic oxidation sites excluding steroid dienone is 1. The maximum absolute atomic E-state index is 12.8. The highest BCUT2D eigenvalue weighted by Gasteiger charge is 1.96. The summed E-state index contributed by atoms with van der Waals surface area (Å²) >= 11 is 0. The summed E-state index contributed by atoms with van der Waals surface area (Å²) in [5.41, 5.74) is 0.419. The van der Waals surface area contributed by atoms with Gasteiger partial charge in [0.15, 0.2) is 5.83 Å². The maximum atomic E-state index is 12.8. The SMILES string of the molecule is CC(=N)/C(F)=C\Nc1ccc(F)cc1. The van der Waals surface area contributed by atoms with Gasteiger partial charge in [0, 0.05) is 11.9 Å². The van der Waals surface area contributed by atoms with Crippen LogP contribution in [0.3, 0.4) is 0 Å². The minimum absolute atomic E-state index is 0.153. The Balaban J connectivity index is 2.66. The summed E-state index contributed by atoms with van der Waals surface area (Å²) < 4.78 is 25.3. The molecule has 0 heterocycles. The first-order valence-corrected chi connectivity index (χ1v) is 4.03. The molecule has 4 heteroatoms. The van der Waals surface area contributed by atoms with Gasteiger partial charge in [-0.15, -0.1) is 0 Å². The Labute approximate surface area is 80.8 Å². The van der Waals surface area contributed by atoms with E-state index < -0.39 is 5.83 Å². The van der Waals surface area contributed by atoms with Crippen LogP contribution in [0.4, 0.5) is 14.5 Å². The summed E-state index contributed by atoms with van der Waals surface area (Å²) in [7, 11) is 0. The first-order chi connectivity index (χ1) is 6.59. The number of benzene rings is 1. The molecule has 0 aliphatic heterocycles. The first kappa shape index (κ1) is 10.4. The standard InChI is InChI=1S/C10H10F2N2/c1-7(13)10(12)6-14-9-4-2-8(11)3-5-9/h2-6,13-14H,1H3/b10-6+,13-7?. The predicted octanol–water partition coefficient (Wildman–Crippen LogP) is 3.09. The van der Waals surface area contributed by atoms with Gasteiger partial charge in [-0.3, -0.25) is 0 Å². The van der Waals surface area contributed by atoms with Gasteiger partial charge in [0.1, 0.15) is 5.82 Å². The second-order valence-corrected chi connectivity index (χ2v) is 2.77. The normalized spacial score (nSPS) is 11.2. The number of anilines is 1. The summed E-state index contributed by atoms with van der Waals surface area (Å²) in [5, 5.41) is 9.57. The van der Waals surface area contributed by atoms with E-state index in [4.69, 9.17) is 5.41 Å². The van der Waals surface area contributed by atoms with Crippen molar-refractivity contribution in [2.24, 2.45) is 0 Å². The third-order valence-electron chi connectivity index (χ3n) is 1.57. The monoisotopic (exact) mass is 196 g/mol. The van der Waals surface area contributed by atoms with Crippen LogP contribution in [0.1, 0.15) is 6.92 Å². The molecule has 0 saturated carbocycles. The molecule has 0 atom stereocenters. The molecule has 2 N–H and O–H groups in total. The molecule has 0 amide bonds. The summed E-state index contributed by atoms with van der Waals surface area (Å²) in [4.78, 5) is 0. The highest BCUT2D eigenvalue weighted by molar-refractivity contribution is 5.93. The van der Waals surface area contributed by atoms with E-state index in [0.717, 1.165) is 6.20 Å². The maximum Gasteiger partial charge on any atom is 0.159 e. The van der Waals surface area contributed by atoms with E-state index in [2.05, 4.69) is 5.32 Å². The zero-order valence-corrected chi connectivity index (χ0v) is 7.64. The molecule has 0 aliphatic carbocycles. The number of rotatable bonds is 3. The lowest BCUT2D eigenvalue weighted by Crippen LogP contribution is -1.94. The molecule has 0 saturated heterocycles. The van der Waals surface area contributed by atoms with Gasteiger partial charge in [0.2, 0.25) is 0 Å². The predicted molar refractivity (Wildman–Crippen MR) is 52.6 cm³/mol. The van der Waals surface area contributed by atoms with E-state index in [1.165, 1.54) is 31.2 Å². The molecular formula is C10H10F2N2. The van der Waals surface area contributed by atoms with Gasteiger partial charge in [0.25, 0.3) is 0 Å². The lowest BCUT2D eigenvalue weighted by molar-refractivity contribution is 0.628. The molecule has 1 aromatic rings. The minimum atomic E-state index is -0.644. The van der Waals surface area contributed by atoms with Gasteiger partial charge in [-0.1, -0.05) is 0 Å². The second-order valence-electron chi connectivity index (χ2n) is 2.77. The van der Waals surface area contributed by atoms with Crippen molar-refractivity contribution < 1.29 is 8.78 Å². The minimum Gasteiger partial charge on any atom is -0.359 e. The average molecular weight is 196 g/mol. The van der Waals surface area contributed by atoms with Crippen LogP contribution in [0.5, 0.6) is 0 Å². The van der Waals surface area contributed by atoms with Crippen molar-refractivity contribution in [1.29, 1.82) is 5.41 Å². The van der Waals surface area contributed by atoms with Crippen molar-refractivity contribution in [2.45, 2.75) is 6.92 Å². The Hall–Kier alpha value is -1.71. The second kappa shape index (κ2) is 4.50. The van der Waals surface area contributed by atoms with Gasteiger partial charge in [0.05, 0.1) is 5.71 Å². The van der Waals surface area contributed by atoms with Crippen molar-refractivity contribution >= 4 is 11.4 Å². The zero-order chi connectivity index (χ0) is 10.6. The molecule has 0 spiro atoms.